The number of pyridine rings is 1. The molecule has 3 aromatic carbocycles. The van der Waals surface area contributed by atoms with Crippen molar-refractivity contribution >= 4 is 56.0 Å². The lowest BCUT2D eigenvalue weighted by Gasteiger charge is -2.44. The molecule has 5 heterocycles. The number of hydrogen-bond acceptors (Lipinski definition) is 5. The molecule has 0 amide bonds. The summed E-state index contributed by atoms with van der Waals surface area (Å²) < 4.78 is 2.15. The Labute approximate surface area is 220 Å². The number of hydrogen-bond donors (Lipinski definition) is 0. The van der Waals surface area contributed by atoms with E-state index in [2.05, 4.69) is 109 Å². The number of rotatable bonds is 1. The van der Waals surface area contributed by atoms with Gasteiger partial charge in [0.25, 0.3) is 0 Å². The first-order chi connectivity index (χ1) is 18.4. The number of anilines is 2. The van der Waals surface area contributed by atoms with Gasteiger partial charge in [-0.3, -0.25) is 0 Å². The molecule has 0 saturated heterocycles. The number of benzene rings is 3. The van der Waals surface area contributed by atoms with Gasteiger partial charge in [0, 0.05) is 16.0 Å². The third kappa shape index (κ3) is 2.33. The number of fused-ring (bicyclic) bond motifs is 11. The van der Waals surface area contributed by atoms with Gasteiger partial charge in [0.15, 0.2) is 5.65 Å². The second-order valence-corrected chi connectivity index (χ2v) is 11.4. The Morgan fingerprint density at radius 3 is 2.16 bits per heavy atom. The van der Waals surface area contributed by atoms with Crippen molar-refractivity contribution in [3.8, 4) is 9.75 Å². The molecule has 4 nitrogen and oxygen atoms in total. The number of imidazole rings is 1. The molecule has 4 aromatic heterocycles. The van der Waals surface area contributed by atoms with Gasteiger partial charge in [-0.15, -0.1) is 22.7 Å². The van der Waals surface area contributed by atoms with Crippen molar-refractivity contribution in [1.82, 2.24) is 14.6 Å². The lowest BCUT2D eigenvalue weighted by molar-refractivity contribution is 0.714. The van der Waals surface area contributed by atoms with Crippen LogP contribution in [0, 0.1) is 0 Å². The van der Waals surface area contributed by atoms with Crippen LogP contribution in [0.3, 0.4) is 0 Å². The minimum absolute atomic E-state index is 0.369. The Hall–Kier alpha value is -4.26. The molecule has 174 valence electrons. The van der Waals surface area contributed by atoms with Crippen LogP contribution in [0.25, 0.3) is 31.7 Å². The molecular weight excluding hydrogens is 493 g/mol. The van der Waals surface area contributed by atoms with Crippen molar-refractivity contribution in [2.45, 2.75) is 5.41 Å². The summed E-state index contributed by atoms with van der Waals surface area (Å²) in [7, 11) is 0. The van der Waals surface area contributed by atoms with Crippen LogP contribution in [-0.2, 0) is 5.41 Å². The summed E-state index contributed by atoms with van der Waals surface area (Å²) in [5.41, 5.74) is 9.04. The molecule has 1 spiro atoms. The van der Waals surface area contributed by atoms with Crippen LogP contribution in [0.15, 0.2) is 108 Å². The Bertz CT molecular complexity index is 1990. The maximum atomic E-state index is 4.66. The molecule has 0 fully saturated rings. The minimum Gasteiger partial charge on any atom is -0.247 e. The smallest absolute Gasteiger partial charge is 0.179 e. The normalized spacial score (nSPS) is 14.6. The summed E-state index contributed by atoms with van der Waals surface area (Å²) in [5.74, 6) is 0. The zero-order valence-electron chi connectivity index (χ0n) is 19.5. The highest BCUT2D eigenvalue weighted by Crippen LogP contribution is 2.65. The predicted octanol–water partition coefficient (Wildman–Crippen LogP) is 7.99. The van der Waals surface area contributed by atoms with Gasteiger partial charge in [-0.05, 0) is 86.3 Å². The molecular formula is C31H18N4S2. The zero-order chi connectivity index (χ0) is 24.1. The van der Waals surface area contributed by atoms with Gasteiger partial charge in [-0.2, -0.15) is 0 Å². The fraction of sp³-hybridized carbons (Fsp3) is 0.0323. The Morgan fingerprint density at radius 2 is 1.35 bits per heavy atom. The average molecular weight is 511 g/mol. The highest BCUT2D eigenvalue weighted by molar-refractivity contribution is 7.21. The number of para-hydroxylation sites is 1. The first-order valence-electron chi connectivity index (χ1n) is 12.2. The molecule has 0 atom stereocenters. The Kier molecular flexibility index (Phi) is 3.73. The molecule has 1 aliphatic carbocycles. The van der Waals surface area contributed by atoms with Crippen LogP contribution < -0.4 is 5.01 Å². The maximum Gasteiger partial charge on any atom is 0.179 e. The van der Waals surface area contributed by atoms with E-state index in [-0.39, 0.29) is 5.41 Å². The monoisotopic (exact) mass is 510 g/mol. The van der Waals surface area contributed by atoms with Gasteiger partial charge >= 0.3 is 0 Å². The van der Waals surface area contributed by atoms with E-state index in [4.69, 9.17) is 0 Å². The lowest BCUT2D eigenvalue weighted by Crippen LogP contribution is -2.39. The third-order valence-electron chi connectivity index (χ3n) is 7.89. The van der Waals surface area contributed by atoms with Crippen molar-refractivity contribution in [1.29, 1.82) is 0 Å². The van der Waals surface area contributed by atoms with Gasteiger partial charge in [-0.1, -0.05) is 42.5 Å². The fourth-order valence-electron chi connectivity index (χ4n) is 6.47. The van der Waals surface area contributed by atoms with Gasteiger partial charge in [0.2, 0.25) is 0 Å². The first kappa shape index (κ1) is 19.9. The molecule has 0 bridgehead atoms. The molecule has 0 saturated carbocycles. The summed E-state index contributed by atoms with van der Waals surface area (Å²) in [6.45, 7) is 0. The summed E-state index contributed by atoms with van der Waals surface area (Å²) >= 11 is 3.71. The van der Waals surface area contributed by atoms with Crippen molar-refractivity contribution in [2.75, 3.05) is 5.01 Å². The molecule has 7 aromatic rings. The van der Waals surface area contributed by atoms with Crippen molar-refractivity contribution in [3.63, 3.8) is 0 Å². The van der Waals surface area contributed by atoms with Crippen molar-refractivity contribution in [2.24, 2.45) is 0 Å². The van der Waals surface area contributed by atoms with Crippen LogP contribution in [0.1, 0.15) is 22.3 Å². The zero-order valence-corrected chi connectivity index (χ0v) is 21.1. The van der Waals surface area contributed by atoms with E-state index < -0.39 is 0 Å². The molecule has 9 rings (SSSR count). The molecule has 0 unspecified atom stereocenters. The summed E-state index contributed by atoms with van der Waals surface area (Å²) in [6, 6.07) is 31.1. The van der Waals surface area contributed by atoms with Gasteiger partial charge in [-0.25, -0.2) is 19.7 Å². The highest BCUT2D eigenvalue weighted by atomic mass is 32.1. The van der Waals surface area contributed by atoms with E-state index in [1.54, 1.807) is 6.20 Å². The summed E-state index contributed by atoms with van der Waals surface area (Å²) in [4.78, 5) is 12.0. The maximum absolute atomic E-state index is 4.66. The van der Waals surface area contributed by atoms with Crippen LogP contribution in [0.2, 0.25) is 0 Å². The number of aromatic nitrogens is 3. The van der Waals surface area contributed by atoms with E-state index in [0.29, 0.717) is 0 Å². The minimum atomic E-state index is -0.369. The summed E-state index contributed by atoms with van der Waals surface area (Å²) in [6.07, 6.45) is 3.70. The molecule has 6 heteroatoms. The first-order valence-corrected chi connectivity index (χ1v) is 14.0. The van der Waals surface area contributed by atoms with Gasteiger partial charge in [0.05, 0.1) is 16.8 Å². The SMILES string of the molecule is c1ccc2c(c1)N(n1cnc3ncccc31)c1cc3ccccc3cc1C21c2ccsc2-c2sccc21. The summed E-state index contributed by atoms with van der Waals surface area (Å²) in [5, 5.41) is 9.30. The molecule has 0 N–H and O–H groups in total. The van der Waals surface area contributed by atoms with E-state index >= 15 is 0 Å². The van der Waals surface area contributed by atoms with Crippen LogP contribution >= 0.6 is 22.7 Å². The molecule has 37 heavy (non-hydrogen) atoms. The van der Waals surface area contributed by atoms with Crippen molar-refractivity contribution < 1.29 is 0 Å². The van der Waals surface area contributed by atoms with Gasteiger partial charge in [0.1, 0.15) is 11.8 Å². The fourth-order valence-corrected chi connectivity index (χ4v) is 8.57. The topological polar surface area (TPSA) is 34.0 Å². The van der Waals surface area contributed by atoms with Crippen LogP contribution in [0.5, 0.6) is 0 Å². The predicted molar refractivity (Wildman–Crippen MR) is 152 cm³/mol. The average Bonchev–Trinajstić information content (AvgIpc) is 3.73. The molecule has 2 aliphatic rings. The lowest BCUT2D eigenvalue weighted by atomic mass is 9.65. The quantitative estimate of drug-likeness (QED) is 0.224. The molecule has 1 aliphatic heterocycles. The Morgan fingerprint density at radius 1 is 0.622 bits per heavy atom. The van der Waals surface area contributed by atoms with E-state index in [1.165, 1.54) is 42.8 Å². The highest BCUT2D eigenvalue weighted by Gasteiger charge is 2.53. The number of nitrogens with zero attached hydrogens (tertiary/aromatic N) is 4. The van der Waals surface area contributed by atoms with Crippen molar-refractivity contribution in [3.05, 3.63) is 130 Å². The third-order valence-corrected chi connectivity index (χ3v) is 9.89. The second kappa shape index (κ2) is 6.94. The Balaban J connectivity index is 1.49. The van der Waals surface area contributed by atoms with Crippen LogP contribution in [0.4, 0.5) is 11.4 Å². The van der Waals surface area contributed by atoms with Gasteiger partial charge < -0.3 is 0 Å². The van der Waals surface area contributed by atoms with E-state index in [1.807, 2.05) is 35.1 Å². The largest absolute Gasteiger partial charge is 0.247 e. The van der Waals surface area contributed by atoms with Crippen LogP contribution in [-0.4, -0.2) is 14.6 Å². The molecule has 0 radical (unpaired) electrons. The van der Waals surface area contributed by atoms with E-state index in [9.17, 15) is 0 Å². The van der Waals surface area contributed by atoms with E-state index in [0.717, 1.165) is 22.5 Å². The second-order valence-electron chi connectivity index (χ2n) is 9.56. The standard InChI is InChI=1S/C31H18N4S2/c1-2-7-20-17-27-24(16-19(20)6-1)31(22-11-14-36-28(22)29-23(31)12-15-37-29)21-8-3-4-9-25(21)35(27)34-18-33-30-26(34)10-5-13-32-30/h1-18H. The number of thiophene rings is 2.